The van der Waals surface area contributed by atoms with Crippen molar-refractivity contribution in [1.29, 1.82) is 0 Å². The Labute approximate surface area is 150 Å². The van der Waals surface area contributed by atoms with Crippen LogP contribution < -0.4 is 10.9 Å². The second kappa shape index (κ2) is 6.98. The predicted octanol–water partition coefficient (Wildman–Crippen LogP) is 2.28. The van der Waals surface area contributed by atoms with E-state index in [-0.39, 0.29) is 23.6 Å². The quantitative estimate of drug-likeness (QED) is 0.778. The van der Waals surface area contributed by atoms with Gasteiger partial charge in [0.2, 0.25) is 0 Å². The van der Waals surface area contributed by atoms with E-state index in [0.29, 0.717) is 34.8 Å². The number of carbonyl (C=O) groups is 1. The van der Waals surface area contributed by atoms with Gasteiger partial charge in [-0.1, -0.05) is 17.7 Å². The van der Waals surface area contributed by atoms with Gasteiger partial charge in [-0.15, -0.1) is 0 Å². The van der Waals surface area contributed by atoms with E-state index in [4.69, 9.17) is 11.6 Å². The van der Waals surface area contributed by atoms with Crippen molar-refractivity contribution in [3.8, 4) is 0 Å². The zero-order valence-corrected chi connectivity index (χ0v) is 14.8. The number of rotatable bonds is 4. The second-order valence-electron chi connectivity index (χ2n) is 6.48. The molecule has 3 rings (SSSR count). The first-order valence-electron chi connectivity index (χ1n) is 8.17. The Morgan fingerprint density at radius 2 is 2.12 bits per heavy atom. The lowest BCUT2D eigenvalue weighted by molar-refractivity contribution is 0.0228. The summed E-state index contributed by atoms with van der Waals surface area (Å²) in [5.41, 5.74) is 1.24. The van der Waals surface area contributed by atoms with Crippen molar-refractivity contribution >= 4 is 17.5 Å². The number of nitrogens with zero attached hydrogens (tertiary/aromatic N) is 1. The molecule has 1 saturated carbocycles. The summed E-state index contributed by atoms with van der Waals surface area (Å²) in [7, 11) is 0. The van der Waals surface area contributed by atoms with Crippen molar-refractivity contribution in [1.82, 2.24) is 15.3 Å². The number of nitrogens with one attached hydrogen (secondary N) is 2. The van der Waals surface area contributed by atoms with Gasteiger partial charge in [-0.2, -0.15) is 0 Å². The number of amides is 1. The molecule has 0 bridgehead atoms. The SMILES string of the molecule is Cc1[nH]c(=O)c(C(=O)N[C@@H](c2ccccn2)C2CC(O)C2)c(C)c1Cl. The molecule has 0 radical (unpaired) electrons. The van der Waals surface area contributed by atoms with Crippen molar-refractivity contribution < 1.29 is 9.90 Å². The van der Waals surface area contributed by atoms with Crippen LogP contribution in [-0.4, -0.2) is 27.1 Å². The van der Waals surface area contributed by atoms with Crippen LogP contribution in [0.3, 0.4) is 0 Å². The number of hydrogen-bond donors (Lipinski definition) is 3. The van der Waals surface area contributed by atoms with Gasteiger partial charge in [0, 0.05) is 11.9 Å². The molecule has 6 nitrogen and oxygen atoms in total. The summed E-state index contributed by atoms with van der Waals surface area (Å²) in [6, 6.07) is 5.11. The van der Waals surface area contributed by atoms with E-state index in [2.05, 4.69) is 15.3 Å². The third-order valence-corrected chi connectivity index (χ3v) is 5.27. The lowest BCUT2D eigenvalue weighted by atomic mass is 9.76. The Bertz CT molecular complexity index is 845. The Morgan fingerprint density at radius 3 is 2.72 bits per heavy atom. The molecule has 0 aliphatic heterocycles. The molecule has 0 unspecified atom stereocenters. The third kappa shape index (κ3) is 3.45. The Kier molecular flexibility index (Phi) is 4.92. The highest BCUT2D eigenvalue weighted by atomic mass is 35.5. The van der Waals surface area contributed by atoms with E-state index in [9.17, 15) is 14.7 Å². The first-order chi connectivity index (χ1) is 11.9. The number of aliphatic hydroxyl groups is 1. The molecule has 1 atom stereocenters. The Hall–Kier alpha value is -2.18. The summed E-state index contributed by atoms with van der Waals surface area (Å²) in [6.45, 7) is 3.34. The van der Waals surface area contributed by atoms with Crippen LogP contribution in [0.1, 0.15) is 46.2 Å². The number of pyridine rings is 2. The van der Waals surface area contributed by atoms with E-state index in [1.807, 2.05) is 12.1 Å². The van der Waals surface area contributed by atoms with Crippen molar-refractivity contribution in [2.45, 2.75) is 38.8 Å². The van der Waals surface area contributed by atoms with Gasteiger partial charge in [0.05, 0.1) is 22.9 Å². The zero-order chi connectivity index (χ0) is 18.1. The molecule has 0 spiro atoms. The predicted molar refractivity (Wildman–Crippen MR) is 94.7 cm³/mol. The fourth-order valence-electron chi connectivity index (χ4n) is 3.23. The van der Waals surface area contributed by atoms with Crippen LogP contribution in [0.2, 0.25) is 5.02 Å². The van der Waals surface area contributed by atoms with Crippen LogP contribution in [0, 0.1) is 19.8 Å². The first-order valence-corrected chi connectivity index (χ1v) is 8.55. The van der Waals surface area contributed by atoms with E-state index in [0.717, 1.165) is 0 Å². The number of carbonyl (C=O) groups excluding carboxylic acids is 1. The minimum atomic E-state index is -0.488. The molecular formula is C18H20ClN3O3. The number of halogens is 1. The second-order valence-corrected chi connectivity index (χ2v) is 6.86. The van der Waals surface area contributed by atoms with Gasteiger partial charge in [-0.3, -0.25) is 14.6 Å². The molecule has 2 heterocycles. The minimum Gasteiger partial charge on any atom is -0.393 e. The number of aromatic amines is 1. The molecule has 3 N–H and O–H groups in total. The monoisotopic (exact) mass is 361 g/mol. The van der Waals surface area contributed by atoms with E-state index < -0.39 is 11.5 Å². The fourth-order valence-corrected chi connectivity index (χ4v) is 3.37. The summed E-state index contributed by atoms with van der Waals surface area (Å²) >= 11 is 6.18. The average molecular weight is 362 g/mol. The fraction of sp³-hybridized carbons (Fsp3) is 0.389. The topological polar surface area (TPSA) is 95.1 Å². The van der Waals surface area contributed by atoms with Crippen molar-refractivity contribution in [2.24, 2.45) is 5.92 Å². The highest BCUT2D eigenvalue weighted by Gasteiger charge is 2.37. The number of aromatic nitrogens is 2. The van der Waals surface area contributed by atoms with Gasteiger partial charge in [0.1, 0.15) is 5.56 Å². The number of aryl methyl sites for hydroxylation is 1. The van der Waals surface area contributed by atoms with Gasteiger partial charge in [-0.25, -0.2) is 0 Å². The molecule has 2 aromatic heterocycles. The zero-order valence-electron chi connectivity index (χ0n) is 14.0. The van der Waals surface area contributed by atoms with Crippen molar-refractivity contribution in [2.75, 3.05) is 0 Å². The highest BCUT2D eigenvalue weighted by molar-refractivity contribution is 6.32. The maximum absolute atomic E-state index is 12.8. The summed E-state index contributed by atoms with van der Waals surface area (Å²) in [5, 5.41) is 12.9. The smallest absolute Gasteiger partial charge is 0.261 e. The normalized spacial score (nSPS) is 20.6. The van der Waals surface area contributed by atoms with Crippen LogP contribution in [0.15, 0.2) is 29.2 Å². The molecule has 25 heavy (non-hydrogen) atoms. The highest BCUT2D eigenvalue weighted by Crippen LogP contribution is 2.37. The van der Waals surface area contributed by atoms with Crippen LogP contribution in [0.4, 0.5) is 0 Å². The molecule has 1 amide bonds. The van der Waals surface area contributed by atoms with Crippen molar-refractivity contribution in [3.63, 3.8) is 0 Å². The molecular weight excluding hydrogens is 342 g/mol. The molecule has 1 aliphatic carbocycles. The molecule has 1 fully saturated rings. The van der Waals surface area contributed by atoms with Crippen LogP contribution in [0.5, 0.6) is 0 Å². The molecule has 7 heteroatoms. The molecule has 1 aliphatic rings. The third-order valence-electron chi connectivity index (χ3n) is 4.70. The number of H-pyrrole nitrogens is 1. The van der Waals surface area contributed by atoms with E-state index in [1.165, 1.54) is 0 Å². The standard InChI is InChI=1S/C18H20ClN3O3/c1-9-14(17(24)21-10(2)15(9)19)18(25)22-16(11-7-12(23)8-11)13-5-3-4-6-20-13/h3-6,11-12,16,23H,7-8H2,1-2H3,(H,21,24)(H,22,25)/t11?,12?,16-/m1/s1. The molecule has 132 valence electrons. The van der Waals surface area contributed by atoms with Gasteiger partial charge >= 0.3 is 0 Å². The Morgan fingerprint density at radius 1 is 1.40 bits per heavy atom. The van der Waals surface area contributed by atoms with Crippen LogP contribution >= 0.6 is 11.6 Å². The maximum Gasteiger partial charge on any atom is 0.261 e. The van der Waals surface area contributed by atoms with Gasteiger partial charge in [-0.05, 0) is 50.3 Å². The maximum atomic E-state index is 12.8. The molecule has 2 aromatic rings. The summed E-state index contributed by atoms with van der Waals surface area (Å²) < 4.78 is 0. The number of aliphatic hydroxyl groups excluding tert-OH is 1. The summed E-state index contributed by atoms with van der Waals surface area (Å²) in [6.07, 6.45) is 2.48. The van der Waals surface area contributed by atoms with E-state index in [1.54, 1.807) is 26.1 Å². The van der Waals surface area contributed by atoms with Crippen LogP contribution in [0.25, 0.3) is 0 Å². The van der Waals surface area contributed by atoms with Gasteiger partial charge < -0.3 is 15.4 Å². The molecule has 0 aromatic carbocycles. The van der Waals surface area contributed by atoms with E-state index >= 15 is 0 Å². The lowest BCUT2D eigenvalue weighted by Gasteiger charge is -2.37. The summed E-state index contributed by atoms with van der Waals surface area (Å²) in [5.74, 6) is -0.410. The minimum absolute atomic E-state index is 0.0106. The molecule has 0 saturated heterocycles. The number of hydrogen-bond acceptors (Lipinski definition) is 4. The van der Waals surface area contributed by atoms with Gasteiger partial charge in [0.25, 0.3) is 11.5 Å². The van der Waals surface area contributed by atoms with Crippen molar-refractivity contribution in [3.05, 3.63) is 62.3 Å². The van der Waals surface area contributed by atoms with Gasteiger partial charge in [0.15, 0.2) is 0 Å². The first kappa shape index (κ1) is 17.6. The average Bonchev–Trinajstić information content (AvgIpc) is 2.56. The van der Waals surface area contributed by atoms with Crippen LogP contribution in [-0.2, 0) is 0 Å². The Balaban J connectivity index is 1.92. The lowest BCUT2D eigenvalue weighted by Crippen LogP contribution is -2.43. The largest absolute Gasteiger partial charge is 0.393 e. The summed E-state index contributed by atoms with van der Waals surface area (Å²) in [4.78, 5) is 32.0.